The van der Waals surface area contributed by atoms with Crippen molar-refractivity contribution in [3.63, 3.8) is 0 Å². The van der Waals surface area contributed by atoms with Crippen molar-refractivity contribution in [1.82, 2.24) is 5.32 Å². The molecule has 2 aromatic carbocycles. The molecule has 0 aliphatic carbocycles. The number of carbonyl (C=O) groups is 1. The first-order valence-electron chi connectivity index (χ1n) is 6.93. The summed E-state index contributed by atoms with van der Waals surface area (Å²) in [5.74, 6) is 0.209. The molecule has 0 spiro atoms. The van der Waals surface area contributed by atoms with Gasteiger partial charge >= 0.3 is 5.69 Å². The number of aryl methyl sites for hydroxylation is 1. The molecule has 0 fully saturated rings. The van der Waals surface area contributed by atoms with Crippen molar-refractivity contribution in [3.05, 3.63) is 63.7 Å². The number of ether oxygens (including phenoxy) is 1. The third-order valence-electron chi connectivity index (χ3n) is 3.05. The van der Waals surface area contributed by atoms with Crippen molar-refractivity contribution in [3.8, 4) is 11.5 Å². The fourth-order valence-electron chi connectivity index (χ4n) is 1.93. The van der Waals surface area contributed by atoms with Gasteiger partial charge in [0.2, 0.25) is 5.75 Å². The van der Waals surface area contributed by atoms with Gasteiger partial charge in [0.25, 0.3) is 5.91 Å². The van der Waals surface area contributed by atoms with Crippen LogP contribution in [0.25, 0.3) is 0 Å². The molecule has 0 aromatic heterocycles. The summed E-state index contributed by atoms with van der Waals surface area (Å²) < 4.78 is 5.53. The van der Waals surface area contributed by atoms with Crippen LogP contribution in [-0.2, 0) is 0 Å². The Morgan fingerprint density at radius 2 is 1.96 bits per heavy atom. The Kier molecular flexibility index (Phi) is 5.27. The number of nitro benzene ring substituents is 1. The number of amides is 1. The highest BCUT2D eigenvalue weighted by molar-refractivity contribution is 5.94. The monoisotopic (exact) mass is 316 g/mol. The lowest BCUT2D eigenvalue weighted by Crippen LogP contribution is -2.26. The van der Waals surface area contributed by atoms with Gasteiger partial charge in [-0.2, -0.15) is 0 Å². The summed E-state index contributed by atoms with van der Waals surface area (Å²) in [5.41, 5.74) is 1.05. The van der Waals surface area contributed by atoms with E-state index >= 15 is 0 Å². The van der Waals surface area contributed by atoms with E-state index in [9.17, 15) is 14.9 Å². The van der Waals surface area contributed by atoms with E-state index in [1.165, 1.54) is 12.1 Å². The molecule has 7 nitrogen and oxygen atoms in total. The van der Waals surface area contributed by atoms with E-state index in [4.69, 9.17) is 9.84 Å². The highest BCUT2D eigenvalue weighted by atomic mass is 16.6. The molecule has 1 amide bonds. The number of nitro groups is 1. The van der Waals surface area contributed by atoms with E-state index < -0.39 is 4.92 Å². The molecule has 0 atom stereocenters. The van der Waals surface area contributed by atoms with Crippen LogP contribution in [0.2, 0.25) is 0 Å². The van der Waals surface area contributed by atoms with Gasteiger partial charge in [0.15, 0.2) is 0 Å². The van der Waals surface area contributed by atoms with E-state index in [0.717, 1.165) is 5.56 Å². The molecule has 2 N–H and O–H groups in total. The van der Waals surface area contributed by atoms with Gasteiger partial charge in [0.1, 0.15) is 5.75 Å². The summed E-state index contributed by atoms with van der Waals surface area (Å²) in [6.07, 6.45) is 0. The van der Waals surface area contributed by atoms with Gasteiger partial charge in [-0.05, 0) is 42.8 Å². The molecule has 0 radical (unpaired) electrons. The Morgan fingerprint density at radius 3 is 2.57 bits per heavy atom. The van der Waals surface area contributed by atoms with Gasteiger partial charge in [-0.15, -0.1) is 0 Å². The van der Waals surface area contributed by atoms with E-state index in [1.54, 1.807) is 37.3 Å². The summed E-state index contributed by atoms with van der Waals surface area (Å²) in [7, 11) is 0. The Hall–Kier alpha value is -2.93. The van der Waals surface area contributed by atoms with Crippen LogP contribution in [0.3, 0.4) is 0 Å². The fraction of sp³-hybridized carbons (Fsp3) is 0.188. The number of aliphatic hydroxyl groups excluding tert-OH is 1. The molecule has 0 aliphatic heterocycles. The SMILES string of the molecule is Cc1ccc(Oc2ccc(C(=O)NCCO)cc2)c([N+](=O)[O-])c1. The molecule has 23 heavy (non-hydrogen) atoms. The lowest BCUT2D eigenvalue weighted by Gasteiger charge is -2.08. The zero-order chi connectivity index (χ0) is 16.8. The first kappa shape index (κ1) is 16.4. The maximum absolute atomic E-state index is 11.7. The second kappa shape index (κ2) is 7.37. The van der Waals surface area contributed by atoms with Gasteiger partial charge in [0, 0.05) is 18.2 Å². The third kappa shape index (κ3) is 4.27. The number of aliphatic hydroxyl groups is 1. The highest BCUT2D eigenvalue weighted by Gasteiger charge is 2.16. The van der Waals surface area contributed by atoms with Crippen LogP contribution in [0.15, 0.2) is 42.5 Å². The number of hydrogen-bond donors (Lipinski definition) is 2. The Morgan fingerprint density at radius 1 is 1.26 bits per heavy atom. The zero-order valence-electron chi connectivity index (χ0n) is 12.5. The normalized spacial score (nSPS) is 10.2. The van der Waals surface area contributed by atoms with Crippen molar-refractivity contribution in [1.29, 1.82) is 0 Å². The Balaban J connectivity index is 2.15. The second-order valence-corrected chi connectivity index (χ2v) is 4.83. The average Bonchev–Trinajstić information content (AvgIpc) is 2.54. The molecule has 0 aliphatic rings. The van der Waals surface area contributed by atoms with Gasteiger partial charge in [-0.25, -0.2) is 0 Å². The lowest BCUT2D eigenvalue weighted by molar-refractivity contribution is -0.385. The highest BCUT2D eigenvalue weighted by Crippen LogP contribution is 2.32. The average molecular weight is 316 g/mol. The summed E-state index contributed by atoms with van der Waals surface area (Å²) in [4.78, 5) is 22.3. The molecular formula is C16H16N2O5. The van der Waals surface area contributed by atoms with Crippen LogP contribution in [0.5, 0.6) is 11.5 Å². The van der Waals surface area contributed by atoms with Crippen LogP contribution in [0, 0.1) is 17.0 Å². The van der Waals surface area contributed by atoms with Crippen molar-refractivity contribution >= 4 is 11.6 Å². The predicted octanol–water partition coefficient (Wildman–Crippen LogP) is 2.42. The number of carbonyl (C=O) groups excluding carboxylic acids is 1. The van der Waals surface area contributed by atoms with Crippen LogP contribution in [-0.4, -0.2) is 29.1 Å². The second-order valence-electron chi connectivity index (χ2n) is 4.83. The largest absolute Gasteiger partial charge is 0.450 e. The zero-order valence-corrected chi connectivity index (χ0v) is 12.5. The van der Waals surface area contributed by atoms with Crippen molar-refractivity contribution < 1.29 is 19.6 Å². The predicted molar refractivity (Wildman–Crippen MR) is 83.8 cm³/mol. The van der Waals surface area contributed by atoms with Crippen LogP contribution in [0.1, 0.15) is 15.9 Å². The van der Waals surface area contributed by atoms with Gasteiger partial charge in [0.05, 0.1) is 11.5 Å². The van der Waals surface area contributed by atoms with E-state index in [2.05, 4.69) is 5.32 Å². The van der Waals surface area contributed by atoms with Gasteiger partial charge in [-0.1, -0.05) is 6.07 Å². The minimum atomic E-state index is -0.501. The van der Waals surface area contributed by atoms with E-state index in [-0.39, 0.29) is 30.5 Å². The van der Waals surface area contributed by atoms with Crippen LogP contribution in [0.4, 0.5) is 5.69 Å². The standard InChI is InChI=1S/C16H16N2O5/c1-11-2-7-15(14(10-11)18(21)22)23-13-5-3-12(4-6-13)16(20)17-8-9-19/h2-7,10,19H,8-9H2,1H3,(H,17,20). The Labute approximate surface area is 132 Å². The van der Waals surface area contributed by atoms with E-state index in [0.29, 0.717) is 11.3 Å². The van der Waals surface area contributed by atoms with Crippen LogP contribution >= 0.6 is 0 Å². The summed E-state index contributed by atoms with van der Waals surface area (Å²) >= 11 is 0. The third-order valence-corrected chi connectivity index (χ3v) is 3.05. The summed E-state index contributed by atoms with van der Waals surface area (Å²) in [6, 6.07) is 10.9. The molecule has 7 heteroatoms. The van der Waals surface area contributed by atoms with E-state index in [1.807, 2.05) is 0 Å². The molecule has 0 saturated heterocycles. The maximum Gasteiger partial charge on any atom is 0.311 e. The molecule has 120 valence electrons. The fourth-order valence-corrected chi connectivity index (χ4v) is 1.93. The molecule has 0 unspecified atom stereocenters. The number of rotatable bonds is 6. The molecule has 2 rings (SSSR count). The number of benzene rings is 2. The number of nitrogens with zero attached hydrogens (tertiary/aromatic N) is 1. The van der Waals surface area contributed by atoms with Crippen molar-refractivity contribution in [2.45, 2.75) is 6.92 Å². The molecule has 0 heterocycles. The topological polar surface area (TPSA) is 102 Å². The molecular weight excluding hydrogens is 300 g/mol. The summed E-state index contributed by atoms with van der Waals surface area (Å²) in [6.45, 7) is 1.80. The first-order valence-corrected chi connectivity index (χ1v) is 6.93. The smallest absolute Gasteiger partial charge is 0.311 e. The lowest BCUT2D eigenvalue weighted by atomic mass is 10.2. The molecule has 0 saturated carbocycles. The maximum atomic E-state index is 11.7. The van der Waals surface area contributed by atoms with Gasteiger partial charge in [-0.3, -0.25) is 14.9 Å². The number of hydrogen-bond acceptors (Lipinski definition) is 5. The molecule has 0 bridgehead atoms. The van der Waals surface area contributed by atoms with Gasteiger partial charge < -0.3 is 15.2 Å². The molecule has 2 aromatic rings. The Bertz CT molecular complexity index is 713. The van der Waals surface area contributed by atoms with Crippen molar-refractivity contribution in [2.75, 3.05) is 13.2 Å². The van der Waals surface area contributed by atoms with Crippen molar-refractivity contribution in [2.24, 2.45) is 0 Å². The summed E-state index contributed by atoms with van der Waals surface area (Å²) in [5, 5.41) is 22.3. The number of nitrogens with one attached hydrogen (secondary N) is 1. The first-order chi connectivity index (χ1) is 11.0. The van der Waals surface area contributed by atoms with Crippen LogP contribution < -0.4 is 10.1 Å². The minimum Gasteiger partial charge on any atom is -0.450 e. The minimum absolute atomic E-state index is 0.116. The quantitative estimate of drug-likeness (QED) is 0.629.